The van der Waals surface area contributed by atoms with E-state index in [4.69, 9.17) is 0 Å². The minimum absolute atomic E-state index is 0.120. The number of rotatable bonds is 2. The van der Waals surface area contributed by atoms with Crippen molar-refractivity contribution < 1.29 is 9.63 Å². The third kappa shape index (κ3) is 0.909. The number of carbonyl (C=O) groups excluding carboxylic acids is 1. The van der Waals surface area contributed by atoms with Gasteiger partial charge in [-0.15, -0.1) is 0 Å². The monoisotopic (exact) mass is 181 g/mol. The van der Waals surface area contributed by atoms with Crippen LogP contribution in [-0.4, -0.2) is 13.0 Å². The summed E-state index contributed by atoms with van der Waals surface area (Å²) in [5, 5.41) is 0. The average Bonchev–Trinajstić information content (AvgIpc) is 2.57. The largest absolute Gasteiger partial charge is 0.277 e. The number of nitrogens with one attached hydrogen (secondary N) is 1. The normalized spacial score (nSPS) is 50.4. The summed E-state index contributed by atoms with van der Waals surface area (Å²) in [4.78, 5) is 16.2. The molecule has 0 spiro atoms. The predicted molar refractivity (Wildman–Crippen MR) is 46.5 cm³/mol. The molecule has 3 fully saturated rings. The molecule has 0 aliphatic heterocycles. The molecule has 3 nitrogen and oxygen atoms in total. The van der Waals surface area contributed by atoms with E-state index in [-0.39, 0.29) is 5.91 Å². The number of hydrogen-bond donors (Lipinski definition) is 1. The van der Waals surface area contributed by atoms with E-state index in [0.717, 1.165) is 11.8 Å². The van der Waals surface area contributed by atoms with Crippen LogP contribution in [-0.2, 0) is 9.63 Å². The number of hydrogen-bond acceptors (Lipinski definition) is 2. The molecule has 0 aromatic carbocycles. The van der Waals surface area contributed by atoms with Crippen LogP contribution in [0.25, 0.3) is 0 Å². The molecule has 0 aromatic rings. The summed E-state index contributed by atoms with van der Waals surface area (Å²) in [6.45, 7) is 0. The van der Waals surface area contributed by atoms with Crippen LogP contribution in [0.3, 0.4) is 0 Å². The van der Waals surface area contributed by atoms with Crippen molar-refractivity contribution in [1.82, 2.24) is 5.48 Å². The van der Waals surface area contributed by atoms with Gasteiger partial charge >= 0.3 is 0 Å². The van der Waals surface area contributed by atoms with E-state index < -0.39 is 0 Å². The molecule has 3 aliphatic rings. The van der Waals surface area contributed by atoms with Gasteiger partial charge in [0, 0.05) is 5.92 Å². The molecule has 72 valence electrons. The fraction of sp³-hybridized carbons (Fsp3) is 0.900. The lowest BCUT2D eigenvalue weighted by Crippen LogP contribution is -2.26. The molecular formula is C10H15NO2. The van der Waals surface area contributed by atoms with Crippen molar-refractivity contribution in [1.29, 1.82) is 0 Å². The molecule has 3 aliphatic carbocycles. The summed E-state index contributed by atoms with van der Waals surface area (Å²) in [7, 11) is 1.50. The molecule has 0 heterocycles. The first-order chi connectivity index (χ1) is 6.33. The Bertz CT molecular complexity index is 237. The highest BCUT2D eigenvalue weighted by molar-refractivity contribution is 5.81. The van der Waals surface area contributed by atoms with Crippen LogP contribution in [0.4, 0.5) is 0 Å². The zero-order chi connectivity index (χ0) is 9.00. The van der Waals surface area contributed by atoms with Gasteiger partial charge < -0.3 is 0 Å². The van der Waals surface area contributed by atoms with Crippen LogP contribution in [0, 0.1) is 29.6 Å². The molecule has 3 rings (SSSR count). The first-order valence-electron chi connectivity index (χ1n) is 5.15. The van der Waals surface area contributed by atoms with Gasteiger partial charge in [0.25, 0.3) is 0 Å². The topological polar surface area (TPSA) is 38.3 Å². The highest BCUT2D eigenvalue weighted by atomic mass is 16.6. The SMILES string of the molecule is CONC(=O)C1C2C3CCC(C3)C12. The smallest absolute Gasteiger partial charge is 0.247 e. The van der Waals surface area contributed by atoms with Gasteiger partial charge in [-0.2, -0.15) is 0 Å². The van der Waals surface area contributed by atoms with E-state index in [9.17, 15) is 4.79 Å². The van der Waals surface area contributed by atoms with Crippen LogP contribution in [0.15, 0.2) is 0 Å². The quantitative estimate of drug-likeness (QED) is 0.644. The minimum Gasteiger partial charge on any atom is -0.277 e. The maximum atomic E-state index is 11.5. The summed E-state index contributed by atoms with van der Waals surface area (Å²) in [6, 6.07) is 0. The molecule has 0 radical (unpaired) electrons. The Balaban J connectivity index is 1.69. The summed E-state index contributed by atoms with van der Waals surface area (Å²) < 4.78 is 0. The third-order valence-corrected chi connectivity index (χ3v) is 4.24. The average molecular weight is 181 g/mol. The number of amides is 1. The van der Waals surface area contributed by atoms with E-state index in [1.54, 1.807) is 0 Å². The van der Waals surface area contributed by atoms with Crippen molar-refractivity contribution in [2.24, 2.45) is 29.6 Å². The second-order valence-corrected chi connectivity index (χ2v) is 4.68. The van der Waals surface area contributed by atoms with Gasteiger partial charge in [0.15, 0.2) is 0 Å². The van der Waals surface area contributed by atoms with Crippen molar-refractivity contribution in [3.05, 3.63) is 0 Å². The van der Waals surface area contributed by atoms with Crippen LogP contribution in [0.2, 0.25) is 0 Å². The lowest BCUT2D eigenvalue weighted by molar-refractivity contribution is -0.133. The van der Waals surface area contributed by atoms with Crippen molar-refractivity contribution in [2.75, 3.05) is 7.11 Å². The predicted octanol–water partition coefficient (Wildman–Crippen LogP) is 0.956. The minimum atomic E-state index is 0.120. The Morgan fingerprint density at radius 1 is 1.31 bits per heavy atom. The number of hydroxylamine groups is 1. The van der Waals surface area contributed by atoms with E-state index in [0.29, 0.717) is 17.8 Å². The second kappa shape index (κ2) is 2.47. The highest BCUT2D eigenvalue weighted by Crippen LogP contribution is 2.69. The summed E-state index contributed by atoms with van der Waals surface area (Å²) in [5.74, 6) is 3.58. The van der Waals surface area contributed by atoms with E-state index in [2.05, 4.69) is 10.3 Å². The van der Waals surface area contributed by atoms with Gasteiger partial charge in [-0.05, 0) is 42.9 Å². The molecular weight excluding hydrogens is 166 g/mol. The molecule has 1 amide bonds. The van der Waals surface area contributed by atoms with Crippen molar-refractivity contribution in [3.8, 4) is 0 Å². The van der Waals surface area contributed by atoms with E-state index >= 15 is 0 Å². The molecule has 4 unspecified atom stereocenters. The van der Waals surface area contributed by atoms with Crippen molar-refractivity contribution in [2.45, 2.75) is 19.3 Å². The molecule has 3 heteroatoms. The van der Waals surface area contributed by atoms with Crippen molar-refractivity contribution in [3.63, 3.8) is 0 Å². The molecule has 13 heavy (non-hydrogen) atoms. The Labute approximate surface area is 77.8 Å². The Morgan fingerprint density at radius 3 is 2.46 bits per heavy atom. The molecule has 4 atom stereocenters. The molecule has 3 saturated carbocycles. The molecule has 0 saturated heterocycles. The van der Waals surface area contributed by atoms with Gasteiger partial charge in [0.05, 0.1) is 7.11 Å². The van der Waals surface area contributed by atoms with Gasteiger partial charge in [0.2, 0.25) is 5.91 Å². The Morgan fingerprint density at radius 2 is 1.92 bits per heavy atom. The standard InChI is InChI=1S/C10H15NO2/c1-13-11-10(12)9-7-5-2-3-6(4-5)8(7)9/h5-9H,2-4H2,1H3,(H,11,12). The summed E-state index contributed by atoms with van der Waals surface area (Å²) >= 11 is 0. The Hall–Kier alpha value is -0.570. The maximum absolute atomic E-state index is 11.5. The number of carbonyl (C=O) groups is 1. The van der Waals surface area contributed by atoms with E-state index in [1.807, 2.05) is 0 Å². The first-order valence-corrected chi connectivity index (χ1v) is 5.15. The van der Waals surface area contributed by atoms with Crippen LogP contribution in [0.5, 0.6) is 0 Å². The van der Waals surface area contributed by atoms with Gasteiger partial charge in [-0.3, -0.25) is 9.63 Å². The molecule has 1 N–H and O–H groups in total. The van der Waals surface area contributed by atoms with Crippen LogP contribution >= 0.6 is 0 Å². The van der Waals surface area contributed by atoms with Crippen LogP contribution < -0.4 is 5.48 Å². The van der Waals surface area contributed by atoms with Gasteiger partial charge in [0.1, 0.15) is 0 Å². The zero-order valence-corrected chi connectivity index (χ0v) is 7.82. The highest BCUT2D eigenvalue weighted by Gasteiger charge is 2.67. The second-order valence-electron chi connectivity index (χ2n) is 4.68. The van der Waals surface area contributed by atoms with E-state index in [1.165, 1.54) is 26.4 Å². The lowest BCUT2D eigenvalue weighted by atomic mass is 10.0. The summed E-state index contributed by atoms with van der Waals surface area (Å²) in [5.41, 5.74) is 2.47. The van der Waals surface area contributed by atoms with Crippen LogP contribution in [0.1, 0.15) is 19.3 Å². The molecule has 0 aromatic heterocycles. The lowest BCUT2D eigenvalue weighted by Gasteiger charge is -2.07. The van der Waals surface area contributed by atoms with Crippen molar-refractivity contribution >= 4 is 5.91 Å². The zero-order valence-electron chi connectivity index (χ0n) is 7.82. The summed E-state index contributed by atoms with van der Waals surface area (Å²) in [6.07, 6.45) is 4.12. The number of fused-ring (bicyclic) bond motifs is 5. The van der Waals surface area contributed by atoms with Gasteiger partial charge in [-0.1, -0.05) is 0 Å². The Kier molecular flexibility index (Phi) is 1.48. The first kappa shape index (κ1) is 7.80. The molecule has 2 bridgehead atoms. The fourth-order valence-electron chi connectivity index (χ4n) is 3.84. The third-order valence-electron chi connectivity index (χ3n) is 4.24. The van der Waals surface area contributed by atoms with Gasteiger partial charge in [-0.25, -0.2) is 5.48 Å². The fourth-order valence-corrected chi connectivity index (χ4v) is 3.84. The maximum Gasteiger partial charge on any atom is 0.247 e.